The Morgan fingerprint density at radius 1 is 0.561 bits per heavy atom. The number of para-hydroxylation sites is 1. The molecule has 2 aliphatic heterocycles. The molecule has 11 rings (SSSR count). The third-order valence-corrected chi connectivity index (χ3v) is 16.5. The normalized spacial score (nSPS) is 13.9. The van der Waals surface area contributed by atoms with E-state index in [0.717, 1.165) is 6.42 Å². The fourth-order valence-corrected chi connectivity index (χ4v) is 12.1. The van der Waals surface area contributed by atoms with Crippen molar-refractivity contribution >= 4 is 99.8 Å². The van der Waals surface area contributed by atoms with Gasteiger partial charge in [-0.2, -0.15) is 0 Å². The Kier molecular flexibility index (Phi) is 9.67. The van der Waals surface area contributed by atoms with Gasteiger partial charge in [0, 0.05) is 72.0 Å². The number of hydrogen-bond acceptors (Lipinski definition) is 3. The fraction of sp³-hybridized carbons (Fsp3) is 0.279. The van der Waals surface area contributed by atoms with E-state index in [2.05, 4.69) is 237 Å². The first kappa shape index (κ1) is 42.6. The average molecular weight is 880 g/mol. The first-order valence-corrected chi connectivity index (χ1v) is 24.9. The van der Waals surface area contributed by atoms with Crippen molar-refractivity contribution in [2.45, 2.75) is 105 Å². The van der Waals surface area contributed by atoms with E-state index in [9.17, 15) is 0 Å². The monoisotopic (exact) mass is 879 g/mol. The average Bonchev–Trinajstić information content (AvgIpc) is 3.82. The standard InChI is InChI=1S/C61H62BN3S/c1-13-61(10,11)42-25-31-52-48(36-42)62-56-53(64(43-27-21-38(22-28-43)37(2)3)57-47-35-41(60(7,8)9)26-32-55(47)66-58(57)62)19-16-20-54(56)65(52)51-30-24-40(59(4,5)6)34-45(51)39-23-29-50-46(33-39)44-17-14-15-18-49(44)63(50)12/h14-37H,13H2,1-12H3. The van der Waals surface area contributed by atoms with Crippen LogP contribution in [-0.2, 0) is 23.3 Å². The Morgan fingerprint density at radius 2 is 1.21 bits per heavy atom. The Bertz CT molecular complexity index is 3400. The molecule has 0 bridgehead atoms. The lowest BCUT2D eigenvalue weighted by Gasteiger charge is -2.44. The molecular weight excluding hydrogens is 818 g/mol. The van der Waals surface area contributed by atoms with Crippen LogP contribution in [0.1, 0.15) is 111 Å². The maximum Gasteiger partial charge on any atom is 0.264 e. The number of aromatic nitrogens is 1. The SMILES string of the molecule is CCC(C)(C)c1ccc2c(c1)B1c3sc4ccc(C(C)(C)C)cc4c3N(c3ccc(C(C)C)cc3)c3cccc(c31)N2c1ccc(C(C)(C)C)cc1-c1ccc2c(c1)c1ccccc1n2C. The largest absolute Gasteiger partial charge is 0.344 e. The van der Waals surface area contributed by atoms with Crippen LogP contribution in [-0.4, -0.2) is 11.3 Å². The highest BCUT2D eigenvalue weighted by Gasteiger charge is 2.46. The van der Waals surface area contributed by atoms with Gasteiger partial charge in [-0.25, -0.2) is 0 Å². The molecule has 5 heteroatoms. The van der Waals surface area contributed by atoms with Crippen LogP contribution in [0.2, 0.25) is 0 Å². The van der Waals surface area contributed by atoms with Crippen molar-refractivity contribution in [3.63, 3.8) is 0 Å². The zero-order valence-electron chi connectivity index (χ0n) is 40.9. The molecule has 0 radical (unpaired) electrons. The van der Waals surface area contributed by atoms with Gasteiger partial charge in [-0.1, -0.05) is 143 Å². The highest BCUT2D eigenvalue weighted by Crippen LogP contribution is 2.51. The van der Waals surface area contributed by atoms with Crippen LogP contribution in [0.3, 0.4) is 0 Å². The summed E-state index contributed by atoms with van der Waals surface area (Å²) in [6.07, 6.45) is 1.06. The molecular formula is C61H62BN3S. The molecule has 0 fully saturated rings. The van der Waals surface area contributed by atoms with Gasteiger partial charge in [0.2, 0.25) is 0 Å². The summed E-state index contributed by atoms with van der Waals surface area (Å²) in [5.74, 6) is 0.452. The molecule has 330 valence electrons. The summed E-state index contributed by atoms with van der Waals surface area (Å²) in [4.78, 5) is 5.24. The summed E-state index contributed by atoms with van der Waals surface area (Å²) >= 11 is 1.99. The molecule has 0 saturated carbocycles. The molecule has 0 amide bonds. The molecule has 9 aromatic rings. The predicted octanol–water partition coefficient (Wildman–Crippen LogP) is 15.7. The summed E-state index contributed by atoms with van der Waals surface area (Å²) in [5, 5.41) is 3.91. The first-order valence-electron chi connectivity index (χ1n) is 24.1. The molecule has 0 aliphatic carbocycles. The van der Waals surface area contributed by atoms with E-state index >= 15 is 0 Å². The molecule has 66 heavy (non-hydrogen) atoms. The number of benzene rings is 7. The third kappa shape index (κ3) is 6.51. The lowest BCUT2D eigenvalue weighted by molar-refractivity contribution is 0.506. The zero-order chi connectivity index (χ0) is 46.2. The molecule has 2 aromatic heterocycles. The number of thiophene rings is 1. The van der Waals surface area contributed by atoms with Crippen molar-refractivity contribution in [3.8, 4) is 11.1 Å². The summed E-state index contributed by atoms with van der Waals surface area (Å²) in [5.41, 5.74) is 20.6. The summed E-state index contributed by atoms with van der Waals surface area (Å²) in [6, 6.07) is 54.4. The van der Waals surface area contributed by atoms with Gasteiger partial charge in [0.15, 0.2) is 0 Å². The maximum atomic E-state index is 2.62. The van der Waals surface area contributed by atoms with Crippen molar-refractivity contribution in [1.82, 2.24) is 4.57 Å². The van der Waals surface area contributed by atoms with Gasteiger partial charge in [0.25, 0.3) is 6.71 Å². The number of nitrogens with zero attached hydrogens (tertiary/aromatic N) is 3. The van der Waals surface area contributed by atoms with E-state index < -0.39 is 0 Å². The van der Waals surface area contributed by atoms with Gasteiger partial charge in [-0.15, -0.1) is 11.3 Å². The van der Waals surface area contributed by atoms with Crippen LogP contribution in [0, 0.1) is 0 Å². The van der Waals surface area contributed by atoms with E-state index in [1.807, 2.05) is 11.3 Å². The predicted molar refractivity (Wildman–Crippen MR) is 290 cm³/mol. The molecule has 0 spiro atoms. The summed E-state index contributed by atoms with van der Waals surface area (Å²) in [7, 11) is 2.19. The minimum atomic E-state index is -0.0374. The Morgan fingerprint density at radius 3 is 1.92 bits per heavy atom. The Hall–Kier alpha value is -6.04. The van der Waals surface area contributed by atoms with Crippen LogP contribution in [0.25, 0.3) is 43.0 Å². The molecule has 4 heterocycles. The van der Waals surface area contributed by atoms with Gasteiger partial charge < -0.3 is 14.4 Å². The lowest BCUT2D eigenvalue weighted by Crippen LogP contribution is -2.60. The van der Waals surface area contributed by atoms with Crippen molar-refractivity contribution in [1.29, 1.82) is 0 Å². The highest BCUT2D eigenvalue weighted by molar-refractivity contribution is 7.33. The number of rotatable bonds is 6. The van der Waals surface area contributed by atoms with E-state index in [1.54, 1.807) is 0 Å². The van der Waals surface area contributed by atoms with Gasteiger partial charge in [-0.3, -0.25) is 0 Å². The second-order valence-corrected chi connectivity index (χ2v) is 23.2. The topological polar surface area (TPSA) is 11.4 Å². The summed E-state index contributed by atoms with van der Waals surface area (Å²) in [6.45, 7) is 25.8. The molecule has 0 N–H and O–H groups in total. The molecule has 0 atom stereocenters. The third-order valence-electron chi connectivity index (χ3n) is 15.3. The van der Waals surface area contributed by atoms with E-state index in [0.29, 0.717) is 5.92 Å². The van der Waals surface area contributed by atoms with Crippen LogP contribution in [0.4, 0.5) is 34.1 Å². The van der Waals surface area contributed by atoms with Crippen LogP contribution < -0.4 is 25.5 Å². The number of fused-ring (bicyclic) bond motifs is 9. The van der Waals surface area contributed by atoms with Crippen LogP contribution in [0.15, 0.2) is 140 Å². The minimum Gasteiger partial charge on any atom is -0.344 e. The second kappa shape index (κ2) is 15.0. The minimum absolute atomic E-state index is 0.0104. The number of hydrogen-bond donors (Lipinski definition) is 0. The van der Waals surface area contributed by atoms with E-state index in [4.69, 9.17) is 0 Å². The fourth-order valence-electron chi connectivity index (χ4n) is 10.8. The van der Waals surface area contributed by atoms with Crippen molar-refractivity contribution in [2.75, 3.05) is 9.80 Å². The smallest absolute Gasteiger partial charge is 0.264 e. The molecule has 0 saturated heterocycles. The Balaban J connectivity index is 1.23. The van der Waals surface area contributed by atoms with Crippen LogP contribution in [0.5, 0.6) is 0 Å². The van der Waals surface area contributed by atoms with E-state index in [-0.39, 0.29) is 23.0 Å². The number of anilines is 6. The van der Waals surface area contributed by atoms with Gasteiger partial charge in [0.05, 0.1) is 11.4 Å². The summed E-state index contributed by atoms with van der Waals surface area (Å²) < 4.78 is 5.09. The van der Waals surface area contributed by atoms with Gasteiger partial charge in [-0.05, 0) is 140 Å². The quantitative estimate of drug-likeness (QED) is 0.154. The lowest BCUT2D eigenvalue weighted by atomic mass is 9.36. The zero-order valence-corrected chi connectivity index (χ0v) is 41.7. The molecule has 0 unspecified atom stereocenters. The molecule has 7 aromatic carbocycles. The maximum absolute atomic E-state index is 2.62. The highest BCUT2D eigenvalue weighted by atomic mass is 32.1. The second-order valence-electron chi connectivity index (χ2n) is 22.1. The molecule has 3 nitrogen and oxygen atoms in total. The van der Waals surface area contributed by atoms with Crippen molar-refractivity contribution < 1.29 is 0 Å². The number of aryl methyl sites for hydroxylation is 1. The molecule has 2 aliphatic rings. The van der Waals surface area contributed by atoms with Crippen LogP contribution >= 0.6 is 11.3 Å². The van der Waals surface area contributed by atoms with Gasteiger partial charge >= 0.3 is 0 Å². The van der Waals surface area contributed by atoms with E-state index in [1.165, 1.54) is 115 Å². The van der Waals surface area contributed by atoms with Crippen molar-refractivity contribution in [2.24, 2.45) is 7.05 Å². The van der Waals surface area contributed by atoms with Crippen molar-refractivity contribution in [3.05, 3.63) is 162 Å². The Labute approximate surface area is 396 Å². The first-order chi connectivity index (χ1) is 31.4. The van der Waals surface area contributed by atoms with Gasteiger partial charge in [0.1, 0.15) is 0 Å².